The molecule has 0 aliphatic heterocycles. The van der Waals surface area contributed by atoms with Crippen molar-refractivity contribution >= 4 is 0 Å². The van der Waals surface area contributed by atoms with Crippen LogP contribution in [0.4, 0.5) is 0 Å². The van der Waals surface area contributed by atoms with Gasteiger partial charge in [-0.2, -0.15) is 5.10 Å². The second-order valence-electron chi connectivity index (χ2n) is 5.42. The minimum atomic E-state index is 0.566. The van der Waals surface area contributed by atoms with E-state index in [1.807, 2.05) is 21.8 Å². The molecule has 0 atom stereocenters. The molecular weight excluding hydrogens is 268 g/mol. The Kier molecular flexibility index (Phi) is 4.49. The Morgan fingerprint density at radius 2 is 2.19 bits per heavy atom. The topological polar surface area (TPSA) is 69.8 Å². The molecule has 1 fully saturated rings. The van der Waals surface area contributed by atoms with Crippen molar-refractivity contribution in [3.8, 4) is 5.75 Å². The summed E-state index contributed by atoms with van der Waals surface area (Å²) in [5.74, 6) is 0.805. The van der Waals surface area contributed by atoms with Crippen molar-refractivity contribution in [1.29, 1.82) is 0 Å². The third-order valence-corrected chi connectivity index (χ3v) is 3.39. The molecule has 0 aromatic carbocycles. The molecule has 2 heterocycles. The van der Waals surface area contributed by atoms with Gasteiger partial charge in [-0.3, -0.25) is 4.68 Å². The first-order chi connectivity index (χ1) is 10.3. The van der Waals surface area contributed by atoms with E-state index in [2.05, 4.69) is 27.7 Å². The van der Waals surface area contributed by atoms with Gasteiger partial charge < -0.3 is 10.1 Å². The first-order valence-corrected chi connectivity index (χ1v) is 7.61. The Bertz CT molecular complexity index is 559. The van der Waals surface area contributed by atoms with Gasteiger partial charge in [0.15, 0.2) is 5.75 Å². The fourth-order valence-electron chi connectivity index (χ4n) is 2.09. The van der Waals surface area contributed by atoms with Crippen LogP contribution >= 0.6 is 0 Å². The molecule has 2 aromatic heterocycles. The molecule has 0 radical (unpaired) electrons. The average Bonchev–Trinajstić information content (AvgIpc) is 3.03. The second kappa shape index (κ2) is 6.71. The number of rotatable bonds is 9. The Hall–Kier alpha value is -1.89. The molecule has 114 valence electrons. The average molecular weight is 290 g/mol. The SMILES string of the molecule is CCCn1cc(OCCn2cc(CNC3CC3)nn2)cn1. The van der Waals surface area contributed by atoms with Crippen LogP contribution in [0.3, 0.4) is 0 Å². The molecule has 21 heavy (non-hydrogen) atoms. The van der Waals surface area contributed by atoms with Crippen LogP contribution in [0.1, 0.15) is 31.9 Å². The van der Waals surface area contributed by atoms with Gasteiger partial charge in [0, 0.05) is 25.3 Å². The van der Waals surface area contributed by atoms with E-state index in [0.717, 1.165) is 31.0 Å². The van der Waals surface area contributed by atoms with E-state index >= 15 is 0 Å². The zero-order chi connectivity index (χ0) is 14.5. The van der Waals surface area contributed by atoms with E-state index in [1.54, 1.807) is 6.20 Å². The standard InChI is InChI=1S/C14H22N6O/c1-2-5-19-11-14(9-16-19)21-7-6-20-10-13(17-18-20)8-15-12-3-4-12/h9-12,15H,2-8H2,1H3. The number of hydrogen-bond donors (Lipinski definition) is 1. The third-order valence-electron chi connectivity index (χ3n) is 3.39. The maximum atomic E-state index is 5.67. The van der Waals surface area contributed by atoms with Gasteiger partial charge in [-0.05, 0) is 19.3 Å². The third kappa shape index (κ3) is 4.29. The van der Waals surface area contributed by atoms with Crippen LogP contribution in [0.25, 0.3) is 0 Å². The Balaban J connectivity index is 1.39. The summed E-state index contributed by atoms with van der Waals surface area (Å²) in [6.45, 7) is 5.10. The van der Waals surface area contributed by atoms with Gasteiger partial charge >= 0.3 is 0 Å². The predicted molar refractivity (Wildman–Crippen MR) is 77.9 cm³/mol. The lowest BCUT2D eigenvalue weighted by Crippen LogP contribution is -2.15. The number of hydrogen-bond acceptors (Lipinski definition) is 5. The highest BCUT2D eigenvalue weighted by atomic mass is 16.5. The van der Waals surface area contributed by atoms with E-state index in [4.69, 9.17) is 4.74 Å². The number of aryl methyl sites for hydroxylation is 1. The van der Waals surface area contributed by atoms with Crippen LogP contribution in [0.5, 0.6) is 5.75 Å². The lowest BCUT2D eigenvalue weighted by molar-refractivity contribution is 0.289. The number of ether oxygens (including phenoxy) is 1. The zero-order valence-electron chi connectivity index (χ0n) is 12.4. The van der Waals surface area contributed by atoms with E-state index in [0.29, 0.717) is 19.2 Å². The van der Waals surface area contributed by atoms with Crippen LogP contribution < -0.4 is 10.1 Å². The van der Waals surface area contributed by atoms with Gasteiger partial charge in [0.2, 0.25) is 0 Å². The highest BCUT2D eigenvalue weighted by Gasteiger charge is 2.20. The van der Waals surface area contributed by atoms with Crippen molar-refractivity contribution < 1.29 is 4.74 Å². The Morgan fingerprint density at radius 1 is 1.29 bits per heavy atom. The largest absolute Gasteiger partial charge is 0.488 e. The molecule has 2 aromatic rings. The van der Waals surface area contributed by atoms with Gasteiger partial charge in [-0.25, -0.2) is 4.68 Å². The van der Waals surface area contributed by atoms with Crippen LogP contribution in [-0.4, -0.2) is 37.4 Å². The molecule has 0 unspecified atom stereocenters. The molecule has 1 N–H and O–H groups in total. The summed E-state index contributed by atoms with van der Waals surface area (Å²) in [5.41, 5.74) is 0.984. The summed E-state index contributed by atoms with van der Waals surface area (Å²) in [7, 11) is 0. The highest BCUT2D eigenvalue weighted by molar-refractivity contribution is 5.11. The van der Waals surface area contributed by atoms with Gasteiger partial charge in [0.1, 0.15) is 6.61 Å². The second-order valence-corrected chi connectivity index (χ2v) is 5.42. The molecule has 7 nitrogen and oxygen atoms in total. The monoisotopic (exact) mass is 290 g/mol. The molecule has 7 heteroatoms. The van der Waals surface area contributed by atoms with Crippen LogP contribution in [0, 0.1) is 0 Å². The first kappa shape index (κ1) is 14.1. The lowest BCUT2D eigenvalue weighted by atomic mass is 10.4. The lowest BCUT2D eigenvalue weighted by Gasteiger charge is -2.02. The van der Waals surface area contributed by atoms with E-state index < -0.39 is 0 Å². The zero-order valence-corrected chi connectivity index (χ0v) is 12.4. The molecule has 0 saturated heterocycles. The van der Waals surface area contributed by atoms with Crippen molar-refractivity contribution in [2.24, 2.45) is 0 Å². The van der Waals surface area contributed by atoms with Gasteiger partial charge in [-0.1, -0.05) is 12.1 Å². The van der Waals surface area contributed by atoms with E-state index in [9.17, 15) is 0 Å². The number of nitrogens with one attached hydrogen (secondary N) is 1. The summed E-state index contributed by atoms with van der Waals surface area (Å²) in [6.07, 6.45) is 9.29. The molecule has 0 bridgehead atoms. The van der Waals surface area contributed by atoms with Crippen molar-refractivity contribution in [2.45, 2.75) is 51.9 Å². The fraction of sp³-hybridized carbons (Fsp3) is 0.643. The van der Waals surface area contributed by atoms with Gasteiger partial charge in [0.25, 0.3) is 0 Å². The van der Waals surface area contributed by atoms with E-state index in [-0.39, 0.29) is 0 Å². The van der Waals surface area contributed by atoms with Crippen LogP contribution in [0.15, 0.2) is 18.6 Å². The maximum Gasteiger partial charge on any atom is 0.157 e. The van der Waals surface area contributed by atoms with Gasteiger partial charge in [0.05, 0.1) is 24.6 Å². The molecular formula is C14H22N6O. The van der Waals surface area contributed by atoms with Crippen molar-refractivity contribution in [2.75, 3.05) is 6.61 Å². The summed E-state index contributed by atoms with van der Waals surface area (Å²) in [6, 6.07) is 0.693. The molecule has 0 amide bonds. The normalized spacial score (nSPS) is 14.5. The molecule has 1 aliphatic carbocycles. The van der Waals surface area contributed by atoms with Gasteiger partial charge in [-0.15, -0.1) is 5.10 Å². The molecule has 0 spiro atoms. The Labute approximate surface area is 124 Å². The predicted octanol–water partition coefficient (Wildman–Crippen LogP) is 1.22. The smallest absolute Gasteiger partial charge is 0.157 e. The summed E-state index contributed by atoms with van der Waals surface area (Å²) >= 11 is 0. The minimum Gasteiger partial charge on any atom is -0.488 e. The summed E-state index contributed by atoms with van der Waals surface area (Å²) in [4.78, 5) is 0. The van der Waals surface area contributed by atoms with Crippen LogP contribution in [0.2, 0.25) is 0 Å². The highest BCUT2D eigenvalue weighted by Crippen LogP contribution is 2.18. The van der Waals surface area contributed by atoms with Crippen molar-refractivity contribution in [3.63, 3.8) is 0 Å². The Morgan fingerprint density at radius 3 is 3.00 bits per heavy atom. The quantitative estimate of drug-likeness (QED) is 0.752. The minimum absolute atomic E-state index is 0.566. The summed E-state index contributed by atoms with van der Waals surface area (Å²) in [5, 5.41) is 15.9. The van der Waals surface area contributed by atoms with E-state index in [1.165, 1.54) is 12.8 Å². The maximum absolute atomic E-state index is 5.67. The number of aromatic nitrogens is 5. The van der Waals surface area contributed by atoms with Crippen molar-refractivity contribution in [3.05, 3.63) is 24.3 Å². The molecule has 1 saturated carbocycles. The molecule has 3 rings (SSSR count). The first-order valence-electron chi connectivity index (χ1n) is 7.61. The van der Waals surface area contributed by atoms with Crippen molar-refractivity contribution in [1.82, 2.24) is 30.1 Å². The molecule has 1 aliphatic rings. The number of nitrogens with zero attached hydrogens (tertiary/aromatic N) is 5. The fourth-order valence-corrected chi connectivity index (χ4v) is 2.09. The summed E-state index contributed by atoms with van der Waals surface area (Å²) < 4.78 is 9.38. The van der Waals surface area contributed by atoms with Crippen LogP contribution in [-0.2, 0) is 19.6 Å².